The number of carbonyl (C=O) groups is 1. The molecule has 1 nitrogen and oxygen atoms in total. The van der Waals surface area contributed by atoms with E-state index in [4.69, 9.17) is 0 Å². The van der Waals surface area contributed by atoms with Crippen LogP contribution in [0.4, 0.5) is 0 Å². The number of Topliss-reactive ketones (excluding diaryl/α,β-unsaturated/α-hetero) is 1. The van der Waals surface area contributed by atoms with E-state index in [1.165, 1.54) is 11.1 Å². The van der Waals surface area contributed by atoms with Crippen molar-refractivity contribution in [3.05, 3.63) is 34.9 Å². The third-order valence-corrected chi connectivity index (χ3v) is 4.00. The van der Waals surface area contributed by atoms with Crippen molar-refractivity contribution in [2.24, 2.45) is 5.41 Å². The van der Waals surface area contributed by atoms with Gasteiger partial charge < -0.3 is 0 Å². The van der Waals surface area contributed by atoms with Gasteiger partial charge in [0.15, 0.2) is 5.78 Å². The Labute approximate surface area is 112 Å². The molecule has 17 heavy (non-hydrogen) atoms. The summed E-state index contributed by atoms with van der Waals surface area (Å²) in [4.78, 5) is 12.1. The molecule has 0 saturated carbocycles. The molecule has 2 heteroatoms. The molecule has 2 rings (SSSR count). The van der Waals surface area contributed by atoms with Crippen molar-refractivity contribution in [2.45, 2.75) is 44.9 Å². The normalized spacial score (nSPS) is 20.2. The van der Waals surface area contributed by atoms with E-state index in [0.717, 1.165) is 24.8 Å². The van der Waals surface area contributed by atoms with Crippen LogP contribution in [0, 0.1) is 5.41 Å². The first-order valence-electron chi connectivity index (χ1n) is 6.17. The lowest BCUT2D eigenvalue weighted by atomic mass is 9.84. The molecule has 0 heterocycles. The lowest BCUT2D eigenvalue weighted by Gasteiger charge is -2.22. The summed E-state index contributed by atoms with van der Waals surface area (Å²) >= 11 is 3.46. The van der Waals surface area contributed by atoms with Crippen LogP contribution in [0.25, 0.3) is 0 Å². The van der Waals surface area contributed by atoms with Gasteiger partial charge in [0.1, 0.15) is 0 Å². The maximum absolute atomic E-state index is 12.1. The molecule has 0 N–H and O–H groups in total. The van der Waals surface area contributed by atoms with Crippen LogP contribution in [0.5, 0.6) is 0 Å². The fourth-order valence-electron chi connectivity index (χ4n) is 2.38. The fraction of sp³-hybridized carbons (Fsp3) is 0.533. The second-order valence-corrected chi connectivity index (χ2v) is 7.20. The van der Waals surface area contributed by atoms with Gasteiger partial charge in [0, 0.05) is 5.56 Å². The molecule has 0 amide bonds. The highest BCUT2D eigenvalue weighted by molar-refractivity contribution is 9.10. The lowest BCUT2D eigenvalue weighted by Crippen LogP contribution is -2.23. The quantitative estimate of drug-likeness (QED) is 0.711. The van der Waals surface area contributed by atoms with E-state index in [2.05, 4.69) is 54.9 Å². The fourth-order valence-corrected chi connectivity index (χ4v) is 2.85. The Bertz CT molecular complexity index is 443. The third kappa shape index (κ3) is 2.98. The minimum atomic E-state index is 0.0138. The highest BCUT2D eigenvalue weighted by Gasteiger charge is 2.25. The molecule has 0 saturated heterocycles. The minimum Gasteiger partial charge on any atom is -0.293 e. The van der Waals surface area contributed by atoms with Crippen LogP contribution >= 0.6 is 15.9 Å². The summed E-state index contributed by atoms with van der Waals surface area (Å²) in [5, 5.41) is 0. The number of carbonyl (C=O) groups excluding carboxylic acids is 1. The number of ketones is 1. The molecule has 1 aliphatic carbocycles. The number of hydrogen-bond acceptors (Lipinski definition) is 1. The monoisotopic (exact) mass is 294 g/mol. The van der Waals surface area contributed by atoms with Crippen LogP contribution in [0.3, 0.4) is 0 Å². The molecule has 92 valence electrons. The highest BCUT2D eigenvalue weighted by atomic mass is 79.9. The largest absolute Gasteiger partial charge is 0.293 e. The predicted octanol–water partition coefficient (Wildman–Crippen LogP) is 4.17. The van der Waals surface area contributed by atoms with E-state index < -0.39 is 0 Å². The predicted molar refractivity (Wildman–Crippen MR) is 75.0 cm³/mol. The molecule has 1 aliphatic rings. The standard InChI is InChI=1S/C15H19BrO/c1-15(2,3)9-10-4-5-11-6-7-13(16)14(17)12(11)8-10/h4-5,8,13H,6-7,9H2,1-3H3. The van der Waals surface area contributed by atoms with Crippen molar-refractivity contribution in [3.8, 4) is 0 Å². The van der Waals surface area contributed by atoms with Crippen molar-refractivity contribution in [3.63, 3.8) is 0 Å². The minimum absolute atomic E-state index is 0.0138. The van der Waals surface area contributed by atoms with Crippen LogP contribution in [-0.2, 0) is 12.8 Å². The van der Waals surface area contributed by atoms with Gasteiger partial charge in [0.2, 0.25) is 0 Å². The summed E-state index contributed by atoms with van der Waals surface area (Å²) in [5.41, 5.74) is 3.68. The van der Waals surface area contributed by atoms with Crippen molar-refractivity contribution in [1.29, 1.82) is 0 Å². The molecule has 0 aliphatic heterocycles. The Morgan fingerprint density at radius 1 is 1.35 bits per heavy atom. The Kier molecular flexibility index (Phi) is 3.44. The zero-order valence-corrected chi connectivity index (χ0v) is 12.3. The molecule has 1 atom stereocenters. The summed E-state index contributed by atoms with van der Waals surface area (Å²) in [6.07, 6.45) is 2.94. The summed E-state index contributed by atoms with van der Waals surface area (Å²) < 4.78 is 0. The molecule has 0 bridgehead atoms. The van der Waals surface area contributed by atoms with Crippen molar-refractivity contribution in [2.75, 3.05) is 0 Å². The number of alkyl halides is 1. The highest BCUT2D eigenvalue weighted by Crippen LogP contribution is 2.28. The van der Waals surface area contributed by atoms with Crippen LogP contribution in [0.15, 0.2) is 18.2 Å². The van der Waals surface area contributed by atoms with Crippen molar-refractivity contribution < 1.29 is 4.79 Å². The Hall–Kier alpha value is -0.630. The molecular weight excluding hydrogens is 276 g/mol. The molecule has 0 fully saturated rings. The van der Waals surface area contributed by atoms with Gasteiger partial charge in [-0.25, -0.2) is 0 Å². The third-order valence-electron chi connectivity index (χ3n) is 3.13. The van der Waals surface area contributed by atoms with Gasteiger partial charge in [-0.3, -0.25) is 4.79 Å². The average Bonchev–Trinajstić information content (AvgIpc) is 2.22. The first-order valence-corrected chi connectivity index (χ1v) is 7.08. The number of hydrogen-bond donors (Lipinski definition) is 0. The summed E-state index contributed by atoms with van der Waals surface area (Å²) in [7, 11) is 0. The smallest absolute Gasteiger partial charge is 0.176 e. The van der Waals surface area contributed by atoms with E-state index >= 15 is 0 Å². The van der Waals surface area contributed by atoms with E-state index in [1.807, 2.05) is 0 Å². The lowest BCUT2D eigenvalue weighted by molar-refractivity contribution is 0.0981. The number of aryl methyl sites for hydroxylation is 1. The van der Waals surface area contributed by atoms with Crippen LogP contribution in [0.2, 0.25) is 0 Å². The first kappa shape index (κ1) is 12.8. The zero-order chi connectivity index (χ0) is 12.6. The van der Waals surface area contributed by atoms with Crippen LogP contribution < -0.4 is 0 Å². The van der Waals surface area contributed by atoms with E-state index in [0.29, 0.717) is 0 Å². The van der Waals surface area contributed by atoms with Crippen LogP contribution in [-0.4, -0.2) is 10.6 Å². The second-order valence-electron chi connectivity index (χ2n) is 6.10. The Morgan fingerprint density at radius 2 is 2.06 bits per heavy atom. The van der Waals surface area contributed by atoms with Gasteiger partial charge in [-0.05, 0) is 41.9 Å². The summed E-state index contributed by atoms with van der Waals surface area (Å²) in [6.45, 7) is 6.67. The molecule has 1 aromatic carbocycles. The van der Waals surface area contributed by atoms with Gasteiger partial charge in [0.25, 0.3) is 0 Å². The van der Waals surface area contributed by atoms with Gasteiger partial charge in [0.05, 0.1) is 4.83 Å². The van der Waals surface area contributed by atoms with E-state index in [9.17, 15) is 4.79 Å². The van der Waals surface area contributed by atoms with Gasteiger partial charge in [-0.2, -0.15) is 0 Å². The summed E-state index contributed by atoms with van der Waals surface area (Å²) in [6, 6.07) is 6.40. The second kappa shape index (κ2) is 4.56. The van der Waals surface area contributed by atoms with E-state index in [1.54, 1.807) is 0 Å². The Morgan fingerprint density at radius 3 is 2.71 bits per heavy atom. The van der Waals surface area contributed by atoms with Gasteiger partial charge in [-0.1, -0.05) is 48.8 Å². The molecule has 1 aromatic rings. The average molecular weight is 295 g/mol. The number of rotatable bonds is 1. The zero-order valence-electron chi connectivity index (χ0n) is 10.7. The van der Waals surface area contributed by atoms with Gasteiger partial charge >= 0.3 is 0 Å². The van der Waals surface area contributed by atoms with Gasteiger partial charge in [-0.15, -0.1) is 0 Å². The van der Waals surface area contributed by atoms with E-state index in [-0.39, 0.29) is 16.0 Å². The topological polar surface area (TPSA) is 17.1 Å². The van der Waals surface area contributed by atoms with Crippen molar-refractivity contribution in [1.82, 2.24) is 0 Å². The number of fused-ring (bicyclic) bond motifs is 1. The maximum Gasteiger partial charge on any atom is 0.176 e. The van der Waals surface area contributed by atoms with Crippen molar-refractivity contribution >= 4 is 21.7 Å². The maximum atomic E-state index is 12.1. The number of halogens is 1. The summed E-state index contributed by atoms with van der Waals surface area (Å²) in [5.74, 6) is 0.252. The molecule has 0 aromatic heterocycles. The Balaban J connectivity index is 2.33. The molecule has 0 spiro atoms. The molecule has 1 unspecified atom stereocenters. The molecule has 0 radical (unpaired) electrons. The molecular formula is C15H19BrO. The SMILES string of the molecule is CC(C)(C)Cc1ccc2c(c1)C(=O)C(Br)CC2. The first-order chi connectivity index (χ1) is 7.87. The van der Waals surface area contributed by atoms with Crippen LogP contribution in [0.1, 0.15) is 48.7 Å². The number of benzene rings is 1.